The number of hydrogen-bond acceptors (Lipinski definition) is 6. The average Bonchev–Trinajstić information content (AvgIpc) is 3.11. The first-order chi connectivity index (χ1) is 12.5. The van der Waals surface area contributed by atoms with Crippen LogP contribution in [0.25, 0.3) is 11.5 Å². The summed E-state index contributed by atoms with van der Waals surface area (Å²) in [6.45, 7) is 1.78. The Morgan fingerprint density at radius 3 is 2.65 bits per heavy atom. The van der Waals surface area contributed by atoms with Gasteiger partial charge in [-0.05, 0) is 44.0 Å². The molecule has 1 heterocycles. The number of halogens is 1. The third-order valence-electron chi connectivity index (χ3n) is 4.43. The molecule has 1 atom stereocenters. The maximum Gasteiger partial charge on any atom is 0.277 e. The zero-order valence-electron chi connectivity index (χ0n) is 14.4. The first kappa shape index (κ1) is 18.9. The van der Waals surface area contributed by atoms with E-state index in [0.717, 1.165) is 29.3 Å². The Bertz CT molecular complexity index is 809. The quantitative estimate of drug-likeness (QED) is 0.704. The number of amides is 1. The molecule has 2 aromatic rings. The number of nitrogens with one attached hydrogen (secondary N) is 1. The number of aromatic nitrogens is 2. The molecular formula is C18H19BrN4O2S. The van der Waals surface area contributed by atoms with Crippen molar-refractivity contribution < 1.29 is 9.21 Å². The van der Waals surface area contributed by atoms with E-state index in [1.165, 1.54) is 11.8 Å². The van der Waals surface area contributed by atoms with Gasteiger partial charge in [-0.25, -0.2) is 0 Å². The fourth-order valence-electron chi connectivity index (χ4n) is 2.93. The molecule has 26 heavy (non-hydrogen) atoms. The van der Waals surface area contributed by atoms with E-state index in [0.29, 0.717) is 24.0 Å². The van der Waals surface area contributed by atoms with Crippen LogP contribution in [-0.4, -0.2) is 26.9 Å². The number of nitrogens with zero attached hydrogens (tertiary/aromatic N) is 3. The Morgan fingerprint density at radius 2 is 2.00 bits per heavy atom. The molecule has 0 saturated heterocycles. The number of benzene rings is 1. The highest BCUT2D eigenvalue weighted by Gasteiger charge is 2.35. The minimum Gasteiger partial charge on any atom is -0.411 e. The second-order valence-electron chi connectivity index (χ2n) is 6.38. The largest absolute Gasteiger partial charge is 0.411 e. The van der Waals surface area contributed by atoms with Gasteiger partial charge in [-0.1, -0.05) is 47.0 Å². The van der Waals surface area contributed by atoms with Crippen molar-refractivity contribution in [1.82, 2.24) is 15.5 Å². The number of nitriles is 1. The Hall–Kier alpha value is -1.85. The molecule has 136 valence electrons. The molecule has 1 amide bonds. The van der Waals surface area contributed by atoms with Gasteiger partial charge in [0.05, 0.1) is 11.3 Å². The summed E-state index contributed by atoms with van der Waals surface area (Å²) < 4.78 is 6.62. The number of hydrogen-bond donors (Lipinski definition) is 1. The molecule has 1 fully saturated rings. The lowest BCUT2D eigenvalue weighted by molar-refractivity contribution is -0.122. The van der Waals surface area contributed by atoms with Crippen LogP contribution in [-0.2, 0) is 4.79 Å². The third kappa shape index (κ3) is 4.46. The number of thioether (sulfide) groups is 1. The Balaban J connectivity index is 1.62. The first-order valence-corrected chi connectivity index (χ1v) is 10.2. The summed E-state index contributed by atoms with van der Waals surface area (Å²) in [4.78, 5) is 12.5. The average molecular weight is 435 g/mol. The van der Waals surface area contributed by atoms with E-state index in [1.54, 1.807) is 6.92 Å². The van der Waals surface area contributed by atoms with Gasteiger partial charge < -0.3 is 9.73 Å². The first-order valence-electron chi connectivity index (χ1n) is 8.51. The summed E-state index contributed by atoms with van der Waals surface area (Å²) in [5.74, 6) is 0.232. The lowest BCUT2D eigenvalue weighted by atomic mass is 9.83. The van der Waals surface area contributed by atoms with Crippen molar-refractivity contribution in [3.8, 4) is 17.5 Å². The van der Waals surface area contributed by atoms with Crippen LogP contribution in [0.5, 0.6) is 0 Å². The smallest absolute Gasteiger partial charge is 0.277 e. The Kier molecular flexibility index (Phi) is 5.99. The Morgan fingerprint density at radius 1 is 1.31 bits per heavy atom. The molecule has 1 aliphatic carbocycles. The van der Waals surface area contributed by atoms with E-state index in [-0.39, 0.29) is 5.91 Å². The normalized spacial score (nSPS) is 17.3. The molecule has 0 radical (unpaired) electrons. The highest BCUT2D eigenvalue weighted by atomic mass is 79.9. The SMILES string of the molecule is CC(Sc1nnc(-c2ccc(Br)cc2)o1)C(=O)NC1(C#N)CCCCC1. The van der Waals surface area contributed by atoms with Crippen molar-refractivity contribution in [2.24, 2.45) is 0 Å². The summed E-state index contributed by atoms with van der Waals surface area (Å²) in [6, 6.07) is 9.85. The number of carbonyl (C=O) groups excluding carboxylic acids is 1. The molecule has 6 nitrogen and oxygen atoms in total. The van der Waals surface area contributed by atoms with Crippen LogP contribution in [0.1, 0.15) is 39.0 Å². The molecule has 1 unspecified atom stereocenters. The van der Waals surface area contributed by atoms with E-state index >= 15 is 0 Å². The van der Waals surface area contributed by atoms with Gasteiger partial charge >= 0.3 is 0 Å². The van der Waals surface area contributed by atoms with E-state index in [4.69, 9.17) is 4.42 Å². The van der Waals surface area contributed by atoms with Gasteiger partial charge in [-0.2, -0.15) is 5.26 Å². The van der Waals surface area contributed by atoms with Crippen LogP contribution in [0.3, 0.4) is 0 Å². The van der Waals surface area contributed by atoms with E-state index < -0.39 is 10.8 Å². The second kappa shape index (κ2) is 8.23. The minimum atomic E-state index is -0.735. The van der Waals surface area contributed by atoms with Gasteiger partial charge in [0.15, 0.2) is 0 Å². The van der Waals surface area contributed by atoms with Crippen LogP contribution < -0.4 is 5.32 Å². The van der Waals surface area contributed by atoms with Gasteiger partial charge in [0.25, 0.3) is 5.22 Å². The molecule has 0 bridgehead atoms. The summed E-state index contributed by atoms with van der Waals surface area (Å²) in [6.07, 6.45) is 4.47. The highest BCUT2D eigenvalue weighted by molar-refractivity contribution is 9.10. The molecule has 1 aromatic carbocycles. The van der Waals surface area contributed by atoms with E-state index in [1.807, 2.05) is 24.3 Å². The molecule has 1 aliphatic rings. The fourth-order valence-corrected chi connectivity index (χ4v) is 3.88. The van der Waals surface area contributed by atoms with Crippen LogP contribution in [0, 0.1) is 11.3 Å². The van der Waals surface area contributed by atoms with Crippen LogP contribution in [0.4, 0.5) is 0 Å². The predicted molar refractivity (Wildman–Crippen MR) is 102 cm³/mol. The van der Waals surface area contributed by atoms with Crippen LogP contribution in [0.2, 0.25) is 0 Å². The van der Waals surface area contributed by atoms with Crippen molar-refractivity contribution in [2.45, 2.75) is 55.0 Å². The molecule has 3 rings (SSSR count). The molecule has 1 N–H and O–H groups in total. The lowest BCUT2D eigenvalue weighted by Gasteiger charge is -2.32. The topological polar surface area (TPSA) is 91.8 Å². The fraction of sp³-hybridized carbons (Fsp3) is 0.444. The standard InChI is InChI=1S/C18H19BrN4O2S/c1-12(15(24)21-18(11-20)9-3-2-4-10-18)26-17-23-22-16(25-17)13-5-7-14(19)8-6-13/h5-8,12H,2-4,9-10H2,1H3,(H,21,24). The summed E-state index contributed by atoms with van der Waals surface area (Å²) in [5, 5.41) is 20.4. The number of rotatable bonds is 5. The van der Waals surface area contributed by atoms with Gasteiger partial charge in [0.2, 0.25) is 11.8 Å². The zero-order valence-corrected chi connectivity index (χ0v) is 16.8. The van der Waals surface area contributed by atoms with Crippen LogP contribution >= 0.6 is 27.7 Å². The van der Waals surface area contributed by atoms with Crippen LogP contribution in [0.15, 0.2) is 38.4 Å². The Labute approximate surface area is 164 Å². The van der Waals surface area contributed by atoms with E-state index in [2.05, 4.69) is 37.5 Å². The van der Waals surface area contributed by atoms with Crippen molar-refractivity contribution in [3.05, 3.63) is 28.7 Å². The van der Waals surface area contributed by atoms with Crippen molar-refractivity contribution in [2.75, 3.05) is 0 Å². The van der Waals surface area contributed by atoms with Gasteiger partial charge in [-0.3, -0.25) is 4.79 Å². The molecule has 8 heteroatoms. The minimum absolute atomic E-state index is 0.179. The van der Waals surface area contributed by atoms with Gasteiger partial charge in [0, 0.05) is 10.0 Å². The number of carbonyl (C=O) groups is 1. The summed E-state index contributed by atoms with van der Waals surface area (Å²) in [5.41, 5.74) is 0.0805. The van der Waals surface area contributed by atoms with Crippen molar-refractivity contribution in [3.63, 3.8) is 0 Å². The van der Waals surface area contributed by atoms with E-state index in [9.17, 15) is 10.1 Å². The zero-order chi connectivity index (χ0) is 18.6. The summed E-state index contributed by atoms with van der Waals surface area (Å²) >= 11 is 4.58. The maximum atomic E-state index is 12.5. The monoisotopic (exact) mass is 434 g/mol. The molecule has 0 spiro atoms. The predicted octanol–water partition coefficient (Wildman–Crippen LogP) is 4.32. The second-order valence-corrected chi connectivity index (χ2v) is 8.59. The maximum absolute atomic E-state index is 12.5. The van der Waals surface area contributed by atoms with Crippen molar-refractivity contribution >= 4 is 33.6 Å². The molecule has 1 aromatic heterocycles. The van der Waals surface area contributed by atoms with Crippen molar-refractivity contribution in [1.29, 1.82) is 5.26 Å². The van der Waals surface area contributed by atoms with Gasteiger partial charge in [-0.15, -0.1) is 10.2 Å². The highest BCUT2D eigenvalue weighted by Crippen LogP contribution is 2.30. The molecular weight excluding hydrogens is 416 g/mol. The third-order valence-corrected chi connectivity index (χ3v) is 5.89. The van der Waals surface area contributed by atoms with Gasteiger partial charge in [0.1, 0.15) is 5.54 Å². The lowest BCUT2D eigenvalue weighted by Crippen LogP contribution is -2.50. The summed E-state index contributed by atoms with van der Waals surface area (Å²) in [7, 11) is 0. The molecule has 0 aliphatic heterocycles. The molecule has 1 saturated carbocycles.